The fourth-order valence-corrected chi connectivity index (χ4v) is 1.94. The molecule has 0 aliphatic carbocycles. The SMILES string of the molecule is C#CC(CCC)Nc1cnn(CC(F)(F)F)c(=O)c1Br. The Bertz CT molecular complexity index is 563. The Morgan fingerprint density at radius 1 is 1.60 bits per heavy atom. The standard InChI is InChI=1S/C12H13BrF3N3O/c1-3-5-8(4-2)18-9-6-17-19(7-12(14,15)16)11(20)10(9)13/h2,6,8,18H,3,5,7H2,1H3. The molecule has 1 atom stereocenters. The van der Waals surface area contributed by atoms with Gasteiger partial charge in [-0.1, -0.05) is 19.3 Å². The normalized spacial score (nSPS) is 12.8. The van der Waals surface area contributed by atoms with Gasteiger partial charge in [0.25, 0.3) is 5.56 Å². The van der Waals surface area contributed by atoms with Crippen LogP contribution in [0.1, 0.15) is 19.8 Å². The summed E-state index contributed by atoms with van der Waals surface area (Å²) in [7, 11) is 0. The number of anilines is 1. The highest BCUT2D eigenvalue weighted by Gasteiger charge is 2.29. The number of aromatic nitrogens is 2. The van der Waals surface area contributed by atoms with Gasteiger partial charge in [0, 0.05) is 0 Å². The molecule has 0 aliphatic heterocycles. The minimum atomic E-state index is -4.51. The van der Waals surface area contributed by atoms with Crippen molar-refractivity contribution in [2.24, 2.45) is 0 Å². The van der Waals surface area contributed by atoms with Crippen LogP contribution in [0.15, 0.2) is 15.5 Å². The third-order valence-electron chi connectivity index (χ3n) is 2.42. The Hall–Kier alpha value is -1.49. The number of alkyl halides is 3. The summed E-state index contributed by atoms with van der Waals surface area (Å²) in [4.78, 5) is 11.8. The Morgan fingerprint density at radius 2 is 2.25 bits per heavy atom. The van der Waals surface area contributed by atoms with Crippen LogP contribution in [0.5, 0.6) is 0 Å². The van der Waals surface area contributed by atoms with Gasteiger partial charge in [0.15, 0.2) is 0 Å². The minimum absolute atomic E-state index is 0.0203. The molecule has 0 saturated heterocycles. The fourth-order valence-electron chi connectivity index (χ4n) is 1.52. The number of hydrogen-bond acceptors (Lipinski definition) is 3. The van der Waals surface area contributed by atoms with Gasteiger partial charge in [0.05, 0.1) is 17.9 Å². The number of hydrogen-bond donors (Lipinski definition) is 1. The lowest BCUT2D eigenvalue weighted by Crippen LogP contribution is -2.31. The van der Waals surface area contributed by atoms with Crippen LogP contribution in [0.2, 0.25) is 0 Å². The van der Waals surface area contributed by atoms with E-state index in [0.717, 1.165) is 12.6 Å². The van der Waals surface area contributed by atoms with Crippen molar-refractivity contribution in [1.29, 1.82) is 0 Å². The first-order valence-electron chi connectivity index (χ1n) is 5.83. The van der Waals surface area contributed by atoms with Crippen LogP contribution in [-0.4, -0.2) is 22.0 Å². The van der Waals surface area contributed by atoms with Crippen LogP contribution in [0.4, 0.5) is 18.9 Å². The zero-order valence-electron chi connectivity index (χ0n) is 10.7. The molecule has 0 aliphatic rings. The molecule has 0 aromatic carbocycles. The number of nitrogens with one attached hydrogen (secondary N) is 1. The van der Waals surface area contributed by atoms with Crippen LogP contribution >= 0.6 is 15.9 Å². The summed E-state index contributed by atoms with van der Waals surface area (Å²) in [5, 5.41) is 6.38. The van der Waals surface area contributed by atoms with E-state index < -0.39 is 18.3 Å². The molecule has 0 bridgehead atoms. The molecule has 0 radical (unpaired) electrons. The van der Waals surface area contributed by atoms with E-state index >= 15 is 0 Å². The third-order valence-corrected chi connectivity index (χ3v) is 3.19. The topological polar surface area (TPSA) is 46.9 Å². The van der Waals surface area contributed by atoms with E-state index in [1.54, 1.807) is 0 Å². The molecule has 110 valence electrons. The lowest BCUT2D eigenvalue weighted by atomic mass is 10.2. The first-order valence-corrected chi connectivity index (χ1v) is 6.62. The van der Waals surface area contributed by atoms with Crippen molar-refractivity contribution in [3.8, 4) is 12.3 Å². The summed E-state index contributed by atoms with van der Waals surface area (Å²) < 4.78 is 37.1. The number of terminal acetylenes is 1. The molecule has 1 rings (SSSR count). The Labute approximate surface area is 122 Å². The first-order chi connectivity index (χ1) is 9.28. The summed E-state index contributed by atoms with van der Waals surface area (Å²) in [5.74, 6) is 2.50. The van der Waals surface area contributed by atoms with E-state index in [0.29, 0.717) is 11.1 Å². The quantitative estimate of drug-likeness (QED) is 0.829. The summed E-state index contributed by atoms with van der Waals surface area (Å²) in [6, 6.07) is -0.309. The van der Waals surface area contributed by atoms with Crippen molar-refractivity contribution in [3.63, 3.8) is 0 Å². The molecule has 4 nitrogen and oxygen atoms in total. The molecule has 0 fully saturated rings. The van der Waals surface area contributed by atoms with Crippen molar-refractivity contribution >= 4 is 21.6 Å². The smallest absolute Gasteiger partial charge is 0.369 e. The maximum atomic E-state index is 12.3. The zero-order valence-corrected chi connectivity index (χ0v) is 12.3. The fraction of sp³-hybridized carbons (Fsp3) is 0.500. The van der Waals surface area contributed by atoms with Crippen LogP contribution in [0.3, 0.4) is 0 Å². The van der Waals surface area contributed by atoms with Gasteiger partial charge in [-0.25, -0.2) is 4.68 Å². The molecule has 0 saturated carbocycles. The zero-order chi connectivity index (χ0) is 15.3. The minimum Gasteiger partial charge on any atom is -0.369 e. The summed E-state index contributed by atoms with van der Waals surface area (Å²) in [6.45, 7) is 0.513. The van der Waals surface area contributed by atoms with E-state index in [-0.39, 0.29) is 16.2 Å². The summed E-state index contributed by atoms with van der Waals surface area (Å²) >= 11 is 2.98. The van der Waals surface area contributed by atoms with E-state index in [1.165, 1.54) is 0 Å². The molecule has 1 N–H and O–H groups in total. The molecule has 1 aromatic rings. The maximum absolute atomic E-state index is 12.3. The Morgan fingerprint density at radius 3 is 2.75 bits per heavy atom. The van der Waals surface area contributed by atoms with Crippen LogP contribution in [-0.2, 0) is 6.54 Å². The van der Waals surface area contributed by atoms with Gasteiger partial charge in [-0.05, 0) is 22.4 Å². The van der Waals surface area contributed by atoms with Crippen molar-refractivity contribution in [3.05, 3.63) is 21.0 Å². The second-order valence-corrected chi connectivity index (χ2v) is 4.90. The predicted octanol–water partition coefficient (Wildman–Crippen LogP) is 2.78. The number of halogens is 4. The van der Waals surface area contributed by atoms with Gasteiger partial charge in [-0.2, -0.15) is 18.3 Å². The van der Waals surface area contributed by atoms with Crippen LogP contribution in [0, 0.1) is 12.3 Å². The van der Waals surface area contributed by atoms with Crippen LogP contribution in [0.25, 0.3) is 0 Å². The molecule has 1 heterocycles. The number of nitrogens with zero attached hydrogens (tertiary/aromatic N) is 2. The molecular weight excluding hydrogens is 339 g/mol. The monoisotopic (exact) mass is 351 g/mol. The van der Waals surface area contributed by atoms with Gasteiger partial charge in [-0.15, -0.1) is 6.42 Å². The maximum Gasteiger partial charge on any atom is 0.408 e. The first kappa shape index (κ1) is 16.6. The van der Waals surface area contributed by atoms with E-state index in [1.807, 2.05) is 6.92 Å². The number of rotatable bonds is 5. The average Bonchev–Trinajstić information content (AvgIpc) is 2.36. The van der Waals surface area contributed by atoms with Gasteiger partial charge >= 0.3 is 6.18 Å². The second-order valence-electron chi connectivity index (χ2n) is 4.10. The van der Waals surface area contributed by atoms with E-state index in [9.17, 15) is 18.0 Å². The largest absolute Gasteiger partial charge is 0.408 e. The van der Waals surface area contributed by atoms with Crippen molar-refractivity contribution in [1.82, 2.24) is 9.78 Å². The van der Waals surface area contributed by atoms with Crippen molar-refractivity contribution < 1.29 is 13.2 Å². The van der Waals surface area contributed by atoms with Gasteiger partial charge in [0.2, 0.25) is 0 Å². The predicted molar refractivity (Wildman–Crippen MR) is 73.4 cm³/mol. The van der Waals surface area contributed by atoms with Crippen LogP contribution < -0.4 is 10.9 Å². The molecule has 20 heavy (non-hydrogen) atoms. The molecule has 1 aromatic heterocycles. The van der Waals surface area contributed by atoms with Crippen molar-refractivity contribution in [2.45, 2.75) is 38.5 Å². The van der Waals surface area contributed by atoms with Gasteiger partial charge < -0.3 is 5.32 Å². The van der Waals surface area contributed by atoms with Gasteiger partial charge in [0.1, 0.15) is 11.0 Å². The summed E-state index contributed by atoms with van der Waals surface area (Å²) in [5.41, 5.74) is -0.579. The van der Waals surface area contributed by atoms with Crippen molar-refractivity contribution in [2.75, 3.05) is 5.32 Å². The molecule has 1 unspecified atom stereocenters. The van der Waals surface area contributed by atoms with E-state index in [2.05, 4.69) is 32.3 Å². The van der Waals surface area contributed by atoms with Gasteiger partial charge in [-0.3, -0.25) is 4.79 Å². The lowest BCUT2D eigenvalue weighted by Gasteiger charge is -2.15. The van der Waals surface area contributed by atoms with E-state index in [4.69, 9.17) is 6.42 Å². The highest BCUT2D eigenvalue weighted by molar-refractivity contribution is 9.10. The Balaban J connectivity index is 3.01. The summed E-state index contributed by atoms with van der Waals surface area (Å²) in [6.07, 6.45) is 3.48. The molecule has 0 spiro atoms. The lowest BCUT2D eigenvalue weighted by molar-refractivity contribution is -0.143. The highest BCUT2D eigenvalue weighted by atomic mass is 79.9. The third kappa shape index (κ3) is 4.56. The second kappa shape index (κ2) is 6.79. The molecule has 0 amide bonds. The molecular formula is C12H13BrF3N3O. The Kier molecular flexibility index (Phi) is 5.62. The average molecular weight is 352 g/mol. The highest BCUT2D eigenvalue weighted by Crippen LogP contribution is 2.20. The molecule has 8 heteroatoms.